The summed E-state index contributed by atoms with van der Waals surface area (Å²) in [5.41, 5.74) is 1.86. The van der Waals surface area contributed by atoms with Crippen LogP contribution in [-0.4, -0.2) is 35.1 Å². The van der Waals surface area contributed by atoms with E-state index in [4.69, 9.17) is 9.47 Å². The second kappa shape index (κ2) is 8.58. The molecular weight excluding hydrogens is 404 g/mol. The molecule has 1 saturated heterocycles. The first-order valence-electron chi connectivity index (χ1n) is 10.5. The number of nitrogens with zero attached hydrogens (tertiary/aromatic N) is 2. The lowest BCUT2D eigenvalue weighted by atomic mass is 9.78. The molecule has 31 heavy (non-hydrogen) atoms. The van der Waals surface area contributed by atoms with E-state index in [0.717, 1.165) is 47.8 Å². The van der Waals surface area contributed by atoms with Gasteiger partial charge in [0.15, 0.2) is 0 Å². The number of benzene rings is 1. The number of esters is 1. The van der Waals surface area contributed by atoms with Gasteiger partial charge in [0.05, 0.1) is 34.2 Å². The highest BCUT2D eigenvalue weighted by molar-refractivity contribution is 5.91. The molecule has 0 N–H and O–H groups in total. The first-order valence-corrected chi connectivity index (χ1v) is 10.5. The molecule has 0 radical (unpaired) electrons. The van der Waals surface area contributed by atoms with Crippen LogP contribution < -0.4 is 0 Å². The van der Waals surface area contributed by atoms with Crippen molar-refractivity contribution in [1.29, 1.82) is 0 Å². The Morgan fingerprint density at radius 2 is 1.74 bits per heavy atom. The molecule has 164 valence electrons. The zero-order valence-electron chi connectivity index (χ0n) is 17.1. The van der Waals surface area contributed by atoms with Crippen LogP contribution in [0.15, 0.2) is 41.5 Å². The standard InChI is InChI=1S/C22H24N2O7/c1-13-7-16(19-12-30-21(20(13)19)14-5-3-2-4-6-14)11-31-22(25)15-8-17(23(26)27)10-18(9-15)24(28)29/h8-10,14,20-21H,1-7,11-12H2/t20-,21+/m0/s1. The first kappa shape index (κ1) is 21.2. The highest BCUT2D eigenvalue weighted by atomic mass is 16.6. The van der Waals surface area contributed by atoms with Crippen molar-refractivity contribution in [3.05, 3.63) is 67.3 Å². The van der Waals surface area contributed by atoms with Crippen molar-refractivity contribution in [3.8, 4) is 0 Å². The van der Waals surface area contributed by atoms with Crippen molar-refractivity contribution >= 4 is 17.3 Å². The van der Waals surface area contributed by atoms with Crippen LogP contribution in [0.25, 0.3) is 0 Å². The molecule has 2 aliphatic carbocycles. The zero-order valence-corrected chi connectivity index (χ0v) is 17.1. The van der Waals surface area contributed by atoms with Gasteiger partial charge in [-0.05, 0) is 36.3 Å². The van der Waals surface area contributed by atoms with Crippen LogP contribution in [0.5, 0.6) is 0 Å². The van der Waals surface area contributed by atoms with Gasteiger partial charge in [-0.15, -0.1) is 0 Å². The number of carbonyl (C=O) groups is 1. The van der Waals surface area contributed by atoms with Gasteiger partial charge in [-0.3, -0.25) is 20.2 Å². The molecule has 0 unspecified atom stereocenters. The van der Waals surface area contributed by atoms with Crippen molar-refractivity contribution in [3.63, 3.8) is 0 Å². The maximum Gasteiger partial charge on any atom is 0.338 e. The second-order valence-corrected chi connectivity index (χ2v) is 8.44. The summed E-state index contributed by atoms with van der Waals surface area (Å²) in [6, 6.07) is 2.79. The molecule has 0 bridgehead atoms. The molecule has 0 aromatic heterocycles. The highest BCUT2D eigenvalue weighted by Crippen LogP contribution is 2.48. The third-order valence-electron chi connectivity index (χ3n) is 6.52. The largest absolute Gasteiger partial charge is 0.458 e. The summed E-state index contributed by atoms with van der Waals surface area (Å²) in [5.74, 6) is -0.146. The van der Waals surface area contributed by atoms with Crippen molar-refractivity contribution in [1.82, 2.24) is 0 Å². The minimum atomic E-state index is -0.836. The molecule has 0 spiro atoms. The summed E-state index contributed by atoms with van der Waals surface area (Å²) in [5, 5.41) is 22.1. The van der Waals surface area contributed by atoms with Crippen molar-refractivity contribution in [2.24, 2.45) is 11.8 Å². The van der Waals surface area contributed by atoms with Gasteiger partial charge in [-0.1, -0.05) is 31.4 Å². The number of nitro groups is 2. The molecule has 2 fully saturated rings. The monoisotopic (exact) mass is 428 g/mol. The molecule has 1 saturated carbocycles. The van der Waals surface area contributed by atoms with Gasteiger partial charge >= 0.3 is 5.97 Å². The predicted molar refractivity (Wildman–Crippen MR) is 111 cm³/mol. The third kappa shape index (κ3) is 4.23. The molecular formula is C22H24N2O7. The molecule has 3 aliphatic rings. The van der Waals surface area contributed by atoms with Crippen molar-refractivity contribution in [2.75, 3.05) is 13.2 Å². The molecule has 2 atom stereocenters. The number of carbonyl (C=O) groups excluding carboxylic acids is 1. The summed E-state index contributed by atoms with van der Waals surface area (Å²) < 4.78 is 11.5. The van der Waals surface area contributed by atoms with Crippen LogP contribution in [-0.2, 0) is 9.47 Å². The van der Waals surface area contributed by atoms with Gasteiger partial charge in [0, 0.05) is 18.1 Å². The Kier molecular flexibility index (Phi) is 5.86. The Hall–Kier alpha value is -3.07. The molecule has 1 aromatic rings. The maximum absolute atomic E-state index is 12.5. The Morgan fingerprint density at radius 3 is 2.35 bits per heavy atom. The topological polar surface area (TPSA) is 122 Å². The Labute approximate surface area is 179 Å². The molecule has 1 aliphatic heterocycles. The Morgan fingerprint density at radius 1 is 1.10 bits per heavy atom. The minimum absolute atomic E-state index is 0.0148. The lowest BCUT2D eigenvalue weighted by Gasteiger charge is -2.30. The first-order chi connectivity index (χ1) is 14.8. The van der Waals surface area contributed by atoms with E-state index < -0.39 is 27.2 Å². The summed E-state index contributed by atoms with van der Waals surface area (Å²) >= 11 is 0. The van der Waals surface area contributed by atoms with E-state index in [1.54, 1.807) is 0 Å². The fourth-order valence-electron chi connectivity index (χ4n) is 5.04. The van der Waals surface area contributed by atoms with Gasteiger partial charge in [-0.2, -0.15) is 0 Å². The summed E-state index contributed by atoms with van der Waals surface area (Å²) in [6.45, 7) is 4.74. The average molecular weight is 428 g/mol. The fraction of sp³-hybridized carbons (Fsp3) is 0.500. The summed E-state index contributed by atoms with van der Waals surface area (Å²) in [6.07, 6.45) is 6.82. The van der Waals surface area contributed by atoms with Gasteiger partial charge in [-0.25, -0.2) is 4.79 Å². The number of fused-ring (bicyclic) bond motifs is 1. The normalized spacial score (nSPS) is 23.7. The summed E-state index contributed by atoms with van der Waals surface area (Å²) in [4.78, 5) is 33.0. The minimum Gasteiger partial charge on any atom is -0.458 e. The SMILES string of the molecule is C=C1CC(COC(=O)c2cc([N+](=O)[O-])cc([N+](=O)[O-])c2)=C2CO[C@H](C3CCCCC3)[C@@H]12. The molecule has 1 heterocycles. The van der Waals surface area contributed by atoms with Crippen molar-refractivity contribution < 1.29 is 24.1 Å². The lowest BCUT2D eigenvalue weighted by molar-refractivity contribution is -0.394. The maximum atomic E-state index is 12.5. The smallest absolute Gasteiger partial charge is 0.338 e. The highest BCUT2D eigenvalue weighted by Gasteiger charge is 2.44. The van der Waals surface area contributed by atoms with E-state index in [1.165, 1.54) is 19.3 Å². The summed E-state index contributed by atoms with van der Waals surface area (Å²) in [7, 11) is 0. The van der Waals surface area contributed by atoms with Crippen LogP contribution >= 0.6 is 0 Å². The van der Waals surface area contributed by atoms with E-state index in [0.29, 0.717) is 18.9 Å². The average Bonchev–Trinajstić information content (AvgIpc) is 3.33. The molecule has 9 nitrogen and oxygen atoms in total. The van der Waals surface area contributed by atoms with E-state index in [9.17, 15) is 25.0 Å². The molecule has 0 amide bonds. The number of ether oxygens (including phenoxy) is 2. The number of non-ortho nitro benzene ring substituents is 2. The van der Waals surface area contributed by atoms with Gasteiger partial charge in [0.25, 0.3) is 11.4 Å². The van der Waals surface area contributed by atoms with E-state index in [2.05, 4.69) is 6.58 Å². The quantitative estimate of drug-likeness (QED) is 0.283. The lowest BCUT2D eigenvalue weighted by Crippen LogP contribution is -2.28. The number of hydrogen-bond acceptors (Lipinski definition) is 7. The van der Waals surface area contributed by atoms with Gasteiger partial charge in [0.2, 0.25) is 0 Å². The number of nitro benzene ring substituents is 2. The van der Waals surface area contributed by atoms with Gasteiger partial charge < -0.3 is 9.47 Å². The Bertz CT molecular complexity index is 946. The van der Waals surface area contributed by atoms with Crippen LogP contribution in [0.3, 0.4) is 0 Å². The fourth-order valence-corrected chi connectivity index (χ4v) is 5.04. The predicted octanol–water partition coefficient (Wildman–Crippen LogP) is 4.51. The number of hydrogen-bond donors (Lipinski definition) is 0. The van der Waals surface area contributed by atoms with Crippen LogP contribution in [0, 0.1) is 32.1 Å². The van der Waals surface area contributed by atoms with E-state index in [1.807, 2.05) is 0 Å². The zero-order chi connectivity index (χ0) is 22.1. The number of rotatable bonds is 6. The third-order valence-corrected chi connectivity index (χ3v) is 6.52. The molecule has 4 rings (SSSR count). The van der Waals surface area contributed by atoms with E-state index >= 15 is 0 Å². The molecule has 1 aromatic carbocycles. The van der Waals surface area contributed by atoms with Crippen LogP contribution in [0.1, 0.15) is 48.9 Å². The van der Waals surface area contributed by atoms with Crippen molar-refractivity contribution in [2.45, 2.75) is 44.6 Å². The van der Waals surface area contributed by atoms with Gasteiger partial charge in [0.1, 0.15) is 6.61 Å². The van der Waals surface area contributed by atoms with E-state index in [-0.39, 0.29) is 24.2 Å². The second-order valence-electron chi connectivity index (χ2n) is 8.44. The molecule has 9 heteroatoms. The van der Waals surface area contributed by atoms with Crippen LogP contribution in [0.4, 0.5) is 11.4 Å². The van der Waals surface area contributed by atoms with Crippen LogP contribution in [0.2, 0.25) is 0 Å². The Balaban J connectivity index is 1.47.